The summed E-state index contributed by atoms with van der Waals surface area (Å²) in [5.74, 6) is 0.463. The van der Waals surface area contributed by atoms with E-state index in [9.17, 15) is 4.79 Å². The molecule has 1 atom stereocenters. The van der Waals surface area contributed by atoms with E-state index in [1.54, 1.807) is 7.11 Å². The first-order chi connectivity index (χ1) is 6.74. The predicted molar refractivity (Wildman–Crippen MR) is 59.6 cm³/mol. The van der Waals surface area contributed by atoms with Crippen LogP contribution >= 0.6 is 0 Å². The Hall–Kier alpha value is -0.770. The van der Waals surface area contributed by atoms with Crippen LogP contribution in [0.3, 0.4) is 0 Å². The van der Waals surface area contributed by atoms with Gasteiger partial charge in [0.25, 0.3) is 0 Å². The second-order valence-electron chi connectivity index (χ2n) is 5.00. The number of amides is 1. The van der Waals surface area contributed by atoms with Gasteiger partial charge in [0.2, 0.25) is 0 Å². The summed E-state index contributed by atoms with van der Waals surface area (Å²) in [5.41, 5.74) is -0.472. The molecular weight excluding hydrogens is 194 g/mol. The van der Waals surface area contributed by atoms with Crippen LogP contribution < -0.4 is 5.32 Å². The Morgan fingerprint density at radius 3 is 2.20 bits per heavy atom. The highest BCUT2D eigenvalue weighted by molar-refractivity contribution is 5.67. The van der Waals surface area contributed by atoms with E-state index >= 15 is 0 Å². The first-order valence-electron chi connectivity index (χ1n) is 5.27. The second-order valence-corrected chi connectivity index (χ2v) is 5.00. The quantitative estimate of drug-likeness (QED) is 0.736. The number of methoxy groups -OCH3 is 1. The molecular formula is C11H23NO3. The number of hydrogen-bond acceptors (Lipinski definition) is 3. The van der Waals surface area contributed by atoms with Crippen LogP contribution in [-0.4, -0.2) is 25.0 Å². The Bertz CT molecular complexity index is 196. The summed E-state index contributed by atoms with van der Waals surface area (Å²) in [6.45, 7) is 9.64. The predicted octanol–water partition coefficient (Wildman–Crippen LogP) is 2.53. The minimum absolute atomic E-state index is 0.278. The van der Waals surface area contributed by atoms with Crippen LogP contribution in [0.1, 0.15) is 41.0 Å². The van der Waals surface area contributed by atoms with Crippen LogP contribution in [0.25, 0.3) is 0 Å². The van der Waals surface area contributed by atoms with Crippen LogP contribution in [0.4, 0.5) is 4.79 Å². The van der Waals surface area contributed by atoms with Crippen LogP contribution in [0.5, 0.6) is 0 Å². The normalized spacial score (nSPS) is 13.8. The van der Waals surface area contributed by atoms with Crippen LogP contribution in [0, 0.1) is 5.92 Å². The SMILES string of the molecule is COC(CC(C)C)NC(=O)OC(C)(C)C. The fourth-order valence-corrected chi connectivity index (χ4v) is 1.08. The van der Waals surface area contributed by atoms with Gasteiger partial charge in [-0.2, -0.15) is 0 Å². The molecule has 0 saturated heterocycles. The second kappa shape index (κ2) is 5.95. The zero-order chi connectivity index (χ0) is 12.1. The highest BCUT2D eigenvalue weighted by Crippen LogP contribution is 2.09. The van der Waals surface area contributed by atoms with Gasteiger partial charge in [-0.1, -0.05) is 13.8 Å². The largest absolute Gasteiger partial charge is 0.444 e. The minimum atomic E-state index is -0.472. The zero-order valence-electron chi connectivity index (χ0n) is 10.6. The van der Waals surface area contributed by atoms with E-state index in [1.165, 1.54) is 0 Å². The first-order valence-corrected chi connectivity index (χ1v) is 5.27. The maximum absolute atomic E-state index is 11.4. The third-order valence-corrected chi connectivity index (χ3v) is 1.65. The van der Waals surface area contributed by atoms with Crippen LogP contribution in [0.2, 0.25) is 0 Å². The van der Waals surface area contributed by atoms with E-state index in [0.29, 0.717) is 5.92 Å². The lowest BCUT2D eigenvalue weighted by Gasteiger charge is -2.23. The molecule has 0 radical (unpaired) electrons. The molecule has 0 aliphatic carbocycles. The molecule has 0 saturated carbocycles. The molecule has 4 nitrogen and oxygen atoms in total. The van der Waals surface area contributed by atoms with E-state index in [-0.39, 0.29) is 6.23 Å². The average Bonchev–Trinajstić information content (AvgIpc) is 1.98. The van der Waals surface area contributed by atoms with Crippen LogP contribution in [0.15, 0.2) is 0 Å². The third kappa shape index (κ3) is 8.24. The van der Waals surface area contributed by atoms with Gasteiger partial charge < -0.3 is 9.47 Å². The maximum Gasteiger partial charge on any atom is 0.409 e. The summed E-state index contributed by atoms with van der Waals surface area (Å²) < 4.78 is 10.3. The van der Waals surface area contributed by atoms with E-state index in [2.05, 4.69) is 19.2 Å². The van der Waals surface area contributed by atoms with Crippen molar-refractivity contribution in [2.24, 2.45) is 5.92 Å². The number of hydrogen-bond donors (Lipinski definition) is 1. The van der Waals surface area contributed by atoms with Gasteiger partial charge in [-0.3, -0.25) is 5.32 Å². The van der Waals surface area contributed by atoms with Crippen LogP contribution in [-0.2, 0) is 9.47 Å². The van der Waals surface area contributed by atoms with Gasteiger partial charge in [-0.25, -0.2) is 4.79 Å². The Morgan fingerprint density at radius 2 is 1.87 bits per heavy atom. The topological polar surface area (TPSA) is 47.6 Å². The van der Waals surface area contributed by atoms with Crippen molar-refractivity contribution < 1.29 is 14.3 Å². The molecule has 0 rings (SSSR count). The molecule has 15 heavy (non-hydrogen) atoms. The molecule has 0 heterocycles. The summed E-state index contributed by atoms with van der Waals surface area (Å²) >= 11 is 0. The molecule has 90 valence electrons. The van der Waals surface area contributed by atoms with Crippen molar-refractivity contribution in [3.8, 4) is 0 Å². The van der Waals surface area contributed by atoms with Gasteiger partial charge in [0.1, 0.15) is 11.8 Å². The summed E-state index contributed by atoms with van der Waals surface area (Å²) in [5, 5.41) is 2.67. The lowest BCUT2D eigenvalue weighted by Crippen LogP contribution is -2.40. The highest BCUT2D eigenvalue weighted by Gasteiger charge is 2.19. The first kappa shape index (κ1) is 14.2. The van der Waals surface area contributed by atoms with Crippen molar-refractivity contribution >= 4 is 6.09 Å². The fraction of sp³-hybridized carbons (Fsp3) is 0.909. The lowest BCUT2D eigenvalue weighted by molar-refractivity contribution is 0.0177. The Balaban J connectivity index is 4.02. The van der Waals surface area contributed by atoms with E-state index in [1.807, 2.05) is 20.8 Å². The Morgan fingerprint density at radius 1 is 1.33 bits per heavy atom. The molecule has 0 aliphatic rings. The summed E-state index contributed by atoms with van der Waals surface area (Å²) in [7, 11) is 1.57. The molecule has 0 aromatic heterocycles. The number of carbonyl (C=O) groups is 1. The molecule has 0 bridgehead atoms. The van der Waals surface area contributed by atoms with Gasteiger partial charge in [0.05, 0.1) is 0 Å². The van der Waals surface area contributed by atoms with Crippen molar-refractivity contribution in [2.45, 2.75) is 52.9 Å². The number of ether oxygens (including phenoxy) is 2. The molecule has 1 unspecified atom stereocenters. The lowest BCUT2D eigenvalue weighted by atomic mass is 10.1. The molecule has 0 aliphatic heterocycles. The molecule has 1 amide bonds. The molecule has 0 fully saturated rings. The summed E-state index contributed by atoms with van der Waals surface area (Å²) in [6.07, 6.45) is 0.0605. The maximum atomic E-state index is 11.4. The Labute approximate surface area is 92.3 Å². The van der Waals surface area contributed by atoms with E-state index in [4.69, 9.17) is 9.47 Å². The monoisotopic (exact) mass is 217 g/mol. The van der Waals surface area contributed by atoms with Gasteiger partial charge in [0, 0.05) is 7.11 Å². The summed E-state index contributed by atoms with van der Waals surface area (Å²) in [6, 6.07) is 0. The number of carbonyl (C=O) groups excluding carboxylic acids is 1. The molecule has 0 spiro atoms. The highest BCUT2D eigenvalue weighted by atomic mass is 16.6. The third-order valence-electron chi connectivity index (χ3n) is 1.65. The van der Waals surface area contributed by atoms with Crippen molar-refractivity contribution in [2.75, 3.05) is 7.11 Å². The molecule has 0 aromatic rings. The van der Waals surface area contributed by atoms with Crippen molar-refractivity contribution in [3.63, 3.8) is 0 Å². The minimum Gasteiger partial charge on any atom is -0.444 e. The van der Waals surface area contributed by atoms with E-state index in [0.717, 1.165) is 6.42 Å². The summed E-state index contributed by atoms with van der Waals surface area (Å²) in [4.78, 5) is 11.4. The van der Waals surface area contributed by atoms with Crippen molar-refractivity contribution in [1.29, 1.82) is 0 Å². The Kier molecular flexibility index (Phi) is 5.65. The van der Waals surface area contributed by atoms with E-state index < -0.39 is 11.7 Å². The molecule has 1 N–H and O–H groups in total. The van der Waals surface area contributed by atoms with Gasteiger partial charge in [-0.05, 0) is 33.1 Å². The molecule has 4 heteroatoms. The van der Waals surface area contributed by atoms with Gasteiger partial charge in [0.15, 0.2) is 0 Å². The smallest absolute Gasteiger partial charge is 0.409 e. The molecule has 0 aromatic carbocycles. The van der Waals surface area contributed by atoms with Gasteiger partial charge in [-0.15, -0.1) is 0 Å². The van der Waals surface area contributed by atoms with Gasteiger partial charge >= 0.3 is 6.09 Å². The zero-order valence-corrected chi connectivity index (χ0v) is 10.6. The number of nitrogens with one attached hydrogen (secondary N) is 1. The van der Waals surface area contributed by atoms with Crippen molar-refractivity contribution in [1.82, 2.24) is 5.32 Å². The fourth-order valence-electron chi connectivity index (χ4n) is 1.08. The number of rotatable bonds is 4. The van der Waals surface area contributed by atoms with Crippen molar-refractivity contribution in [3.05, 3.63) is 0 Å². The average molecular weight is 217 g/mol. The standard InChI is InChI=1S/C11H23NO3/c1-8(2)7-9(14-6)12-10(13)15-11(3,4)5/h8-9H,7H2,1-6H3,(H,12,13). The number of alkyl carbamates (subject to hydrolysis) is 1.